The van der Waals surface area contributed by atoms with Crippen molar-refractivity contribution in [2.75, 3.05) is 19.8 Å². The summed E-state index contributed by atoms with van der Waals surface area (Å²) in [6, 6.07) is 0.790. The fourth-order valence-corrected chi connectivity index (χ4v) is 2.68. The molecule has 0 spiro atoms. The number of rotatable bonds is 7. The van der Waals surface area contributed by atoms with E-state index in [1.54, 1.807) is 0 Å². The molecular formula is C15H29NO. The van der Waals surface area contributed by atoms with Crippen LogP contribution in [0.3, 0.4) is 0 Å². The lowest BCUT2D eigenvalue weighted by atomic mass is 9.97. The minimum Gasteiger partial charge on any atom is -0.381 e. The molecule has 2 fully saturated rings. The molecule has 17 heavy (non-hydrogen) atoms. The molecule has 2 saturated carbocycles. The van der Waals surface area contributed by atoms with E-state index >= 15 is 0 Å². The molecule has 0 aromatic heterocycles. The molecule has 100 valence electrons. The maximum atomic E-state index is 5.65. The Balaban J connectivity index is 1.42. The van der Waals surface area contributed by atoms with Gasteiger partial charge in [-0.15, -0.1) is 0 Å². The van der Waals surface area contributed by atoms with E-state index in [2.05, 4.69) is 5.32 Å². The van der Waals surface area contributed by atoms with E-state index < -0.39 is 0 Å². The van der Waals surface area contributed by atoms with E-state index in [4.69, 9.17) is 4.74 Å². The third kappa shape index (κ3) is 6.42. The second kappa shape index (κ2) is 8.10. The Kier molecular flexibility index (Phi) is 6.36. The first-order valence-corrected chi connectivity index (χ1v) is 7.76. The molecule has 0 unspecified atom stereocenters. The Hall–Kier alpha value is -0.0800. The lowest BCUT2D eigenvalue weighted by Crippen LogP contribution is -2.31. The van der Waals surface area contributed by atoms with Gasteiger partial charge in [-0.3, -0.25) is 0 Å². The zero-order valence-electron chi connectivity index (χ0n) is 11.3. The van der Waals surface area contributed by atoms with Crippen molar-refractivity contribution in [1.29, 1.82) is 0 Å². The molecule has 0 saturated heterocycles. The van der Waals surface area contributed by atoms with Gasteiger partial charge in [-0.25, -0.2) is 0 Å². The first-order valence-electron chi connectivity index (χ1n) is 7.76. The third-order valence-electron chi connectivity index (χ3n) is 4.05. The third-order valence-corrected chi connectivity index (χ3v) is 4.05. The van der Waals surface area contributed by atoms with Gasteiger partial charge in [0.25, 0.3) is 0 Å². The van der Waals surface area contributed by atoms with E-state index in [1.807, 2.05) is 0 Å². The fraction of sp³-hybridized carbons (Fsp3) is 1.00. The van der Waals surface area contributed by atoms with Crippen LogP contribution in [0.5, 0.6) is 0 Å². The van der Waals surface area contributed by atoms with Crippen molar-refractivity contribution in [1.82, 2.24) is 5.32 Å². The highest BCUT2D eigenvalue weighted by Gasteiger charge is 2.20. The van der Waals surface area contributed by atoms with Gasteiger partial charge in [-0.2, -0.15) is 0 Å². The molecule has 0 aromatic rings. The Morgan fingerprint density at radius 1 is 0.882 bits per heavy atom. The lowest BCUT2D eigenvalue weighted by Gasteiger charge is -2.21. The summed E-state index contributed by atoms with van der Waals surface area (Å²) in [7, 11) is 0. The Morgan fingerprint density at radius 2 is 1.59 bits per heavy atom. The molecule has 2 rings (SSSR count). The molecule has 0 radical (unpaired) electrons. The fourth-order valence-electron chi connectivity index (χ4n) is 2.68. The number of nitrogens with one attached hydrogen (secondary N) is 1. The molecular weight excluding hydrogens is 210 g/mol. The van der Waals surface area contributed by atoms with Gasteiger partial charge in [-0.05, 0) is 44.6 Å². The van der Waals surface area contributed by atoms with Crippen molar-refractivity contribution < 1.29 is 4.74 Å². The number of ether oxygens (including phenoxy) is 1. The monoisotopic (exact) mass is 239 g/mol. The van der Waals surface area contributed by atoms with Gasteiger partial charge in [0, 0.05) is 19.3 Å². The zero-order valence-corrected chi connectivity index (χ0v) is 11.3. The second-order valence-corrected chi connectivity index (χ2v) is 5.87. The van der Waals surface area contributed by atoms with Crippen LogP contribution in [0, 0.1) is 5.92 Å². The van der Waals surface area contributed by atoms with Crippen molar-refractivity contribution in [2.24, 2.45) is 5.92 Å². The SMILES string of the molecule is C1CCCC(NCCCOCC2CC2)CCC1. The van der Waals surface area contributed by atoms with Crippen molar-refractivity contribution in [3.8, 4) is 0 Å². The Morgan fingerprint density at radius 3 is 2.29 bits per heavy atom. The van der Waals surface area contributed by atoms with Gasteiger partial charge in [0.2, 0.25) is 0 Å². The highest BCUT2D eigenvalue weighted by Crippen LogP contribution is 2.28. The summed E-state index contributed by atoms with van der Waals surface area (Å²) in [5.41, 5.74) is 0. The van der Waals surface area contributed by atoms with Crippen LogP contribution in [0.1, 0.15) is 64.2 Å². The molecule has 2 nitrogen and oxygen atoms in total. The van der Waals surface area contributed by atoms with Crippen molar-refractivity contribution in [2.45, 2.75) is 70.3 Å². The van der Waals surface area contributed by atoms with Crippen LogP contribution >= 0.6 is 0 Å². The first kappa shape index (κ1) is 13.4. The van der Waals surface area contributed by atoms with Crippen LogP contribution < -0.4 is 5.32 Å². The van der Waals surface area contributed by atoms with Crippen LogP contribution in [-0.4, -0.2) is 25.8 Å². The maximum Gasteiger partial charge on any atom is 0.0494 e. The second-order valence-electron chi connectivity index (χ2n) is 5.87. The van der Waals surface area contributed by atoms with Gasteiger partial charge in [0.05, 0.1) is 0 Å². The summed E-state index contributed by atoms with van der Waals surface area (Å²) in [6.07, 6.45) is 14.0. The van der Waals surface area contributed by atoms with E-state index in [9.17, 15) is 0 Å². The van der Waals surface area contributed by atoms with E-state index in [0.717, 1.165) is 31.7 Å². The standard InChI is InChI=1S/C15H29NO/c1-2-4-7-15(8-5-3-1)16-11-6-12-17-13-14-9-10-14/h14-16H,1-13H2. The first-order chi connectivity index (χ1) is 8.45. The molecule has 0 aliphatic heterocycles. The summed E-state index contributed by atoms with van der Waals surface area (Å²) in [5.74, 6) is 0.911. The van der Waals surface area contributed by atoms with Crippen LogP contribution in [0.4, 0.5) is 0 Å². The molecule has 2 aliphatic carbocycles. The summed E-state index contributed by atoms with van der Waals surface area (Å²) in [6.45, 7) is 3.12. The average molecular weight is 239 g/mol. The van der Waals surface area contributed by atoms with Gasteiger partial charge >= 0.3 is 0 Å². The molecule has 0 aromatic carbocycles. The molecule has 1 N–H and O–H groups in total. The van der Waals surface area contributed by atoms with Gasteiger partial charge in [0.15, 0.2) is 0 Å². The average Bonchev–Trinajstić information content (AvgIpc) is 3.09. The normalized spacial score (nSPS) is 23.3. The van der Waals surface area contributed by atoms with Gasteiger partial charge in [0.1, 0.15) is 0 Å². The van der Waals surface area contributed by atoms with Crippen LogP contribution in [0.2, 0.25) is 0 Å². The summed E-state index contributed by atoms with van der Waals surface area (Å²) in [4.78, 5) is 0. The Labute approximate surface area is 107 Å². The van der Waals surface area contributed by atoms with E-state index in [1.165, 1.54) is 64.2 Å². The topological polar surface area (TPSA) is 21.3 Å². The Bertz CT molecular complexity index is 183. The molecule has 0 heterocycles. The highest BCUT2D eigenvalue weighted by atomic mass is 16.5. The molecule has 0 atom stereocenters. The predicted octanol–water partition coefficient (Wildman–Crippen LogP) is 3.51. The minimum absolute atomic E-state index is 0.790. The van der Waals surface area contributed by atoms with Gasteiger partial charge in [-0.1, -0.05) is 32.1 Å². The highest BCUT2D eigenvalue weighted by molar-refractivity contribution is 4.72. The maximum absolute atomic E-state index is 5.65. The van der Waals surface area contributed by atoms with Crippen molar-refractivity contribution in [3.63, 3.8) is 0 Å². The zero-order chi connectivity index (χ0) is 11.8. The number of hydrogen-bond acceptors (Lipinski definition) is 2. The van der Waals surface area contributed by atoms with Crippen LogP contribution in [0.15, 0.2) is 0 Å². The molecule has 0 amide bonds. The summed E-state index contributed by atoms with van der Waals surface area (Å²) >= 11 is 0. The van der Waals surface area contributed by atoms with Crippen LogP contribution in [-0.2, 0) is 4.74 Å². The summed E-state index contributed by atoms with van der Waals surface area (Å²) in [5, 5.41) is 3.71. The smallest absolute Gasteiger partial charge is 0.0494 e. The largest absolute Gasteiger partial charge is 0.381 e. The van der Waals surface area contributed by atoms with Gasteiger partial charge < -0.3 is 10.1 Å². The van der Waals surface area contributed by atoms with Crippen molar-refractivity contribution >= 4 is 0 Å². The minimum atomic E-state index is 0.790. The summed E-state index contributed by atoms with van der Waals surface area (Å²) < 4.78 is 5.65. The lowest BCUT2D eigenvalue weighted by molar-refractivity contribution is 0.121. The molecule has 0 bridgehead atoms. The van der Waals surface area contributed by atoms with Crippen LogP contribution in [0.25, 0.3) is 0 Å². The molecule has 2 heteroatoms. The molecule has 2 aliphatic rings. The predicted molar refractivity (Wildman–Crippen MR) is 72.3 cm³/mol. The van der Waals surface area contributed by atoms with E-state index in [0.29, 0.717) is 0 Å². The quantitative estimate of drug-likeness (QED) is 0.687. The van der Waals surface area contributed by atoms with Crippen molar-refractivity contribution in [3.05, 3.63) is 0 Å². The van der Waals surface area contributed by atoms with E-state index in [-0.39, 0.29) is 0 Å². The number of hydrogen-bond donors (Lipinski definition) is 1.